The summed E-state index contributed by atoms with van der Waals surface area (Å²) in [6.07, 6.45) is 6.73. The highest BCUT2D eigenvalue weighted by atomic mass is 28.4. The molecule has 0 atom stereocenters. The third kappa shape index (κ3) is 5.43. The average molecular weight is 331 g/mol. The van der Waals surface area contributed by atoms with Gasteiger partial charge in [-0.2, -0.15) is 0 Å². The summed E-state index contributed by atoms with van der Waals surface area (Å²) in [5.41, 5.74) is 2.38. The fourth-order valence-electron chi connectivity index (χ4n) is 2.12. The summed E-state index contributed by atoms with van der Waals surface area (Å²) >= 11 is 0. The van der Waals surface area contributed by atoms with E-state index in [1.165, 1.54) is 5.56 Å². The average Bonchev–Trinajstić information content (AvgIpc) is 3.29. The van der Waals surface area contributed by atoms with Crippen LogP contribution in [-0.2, 0) is 15.6 Å². The smallest absolute Gasteiger partial charge is 0.191 e. The second-order valence-electron chi connectivity index (χ2n) is 8.11. The minimum atomic E-state index is -1.65. The lowest BCUT2D eigenvalue weighted by Gasteiger charge is -2.36. The molecule has 1 saturated carbocycles. The Balaban J connectivity index is 1.82. The molecule has 1 aliphatic carbocycles. The molecule has 0 N–H and O–H groups in total. The largest absolute Gasteiger partial charge is 0.416 e. The highest BCUT2D eigenvalue weighted by molar-refractivity contribution is 6.74. The van der Waals surface area contributed by atoms with E-state index in [2.05, 4.69) is 58.1 Å². The number of allylic oxidation sites excluding steroid dienone is 1. The lowest BCUT2D eigenvalue weighted by molar-refractivity contribution is -0.115. The molecule has 0 unspecified atom stereocenters. The molecule has 0 aromatic heterocycles. The molecule has 1 aromatic carbocycles. The van der Waals surface area contributed by atoms with Crippen molar-refractivity contribution in [3.8, 4) is 0 Å². The monoisotopic (exact) mass is 330 g/mol. The minimum Gasteiger partial charge on any atom is -0.416 e. The normalized spacial score (nSPS) is 16.0. The lowest BCUT2D eigenvalue weighted by atomic mass is 10.1. The van der Waals surface area contributed by atoms with E-state index >= 15 is 0 Å². The van der Waals surface area contributed by atoms with Gasteiger partial charge in [-0.1, -0.05) is 51.1 Å². The summed E-state index contributed by atoms with van der Waals surface area (Å²) in [5, 5.41) is 0.260. The maximum atomic E-state index is 11.7. The van der Waals surface area contributed by atoms with E-state index in [0.29, 0.717) is 5.92 Å². The zero-order valence-electron chi connectivity index (χ0n) is 15.2. The van der Waals surface area contributed by atoms with Gasteiger partial charge in [0, 0.05) is 12.5 Å². The van der Waals surface area contributed by atoms with E-state index in [9.17, 15) is 4.79 Å². The SMILES string of the molecule is CC(C)(C)[Si](C)(C)OCCc1ccc(C=CC(=O)C2CC2)cc1. The van der Waals surface area contributed by atoms with E-state index in [-0.39, 0.29) is 10.8 Å². The second kappa shape index (κ2) is 7.14. The Morgan fingerprint density at radius 2 is 1.83 bits per heavy atom. The van der Waals surface area contributed by atoms with Gasteiger partial charge in [-0.3, -0.25) is 4.79 Å². The highest BCUT2D eigenvalue weighted by Crippen LogP contribution is 2.36. The second-order valence-corrected chi connectivity index (χ2v) is 12.9. The molecular weight excluding hydrogens is 300 g/mol. The number of benzene rings is 1. The van der Waals surface area contributed by atoms with Crippen molar-refractivity contribution in [1.82, 2.24) is 0 Å². The standard InChI is InChI=1S/C20H30O2Si/c1-20(2,3)23(4,5)22-15-14-17-8-6-16(7-9-17)10-13-19(21)18-11-12-18/h6-10,13,18H,11-12,14-15H2,1-5H3. The predicted molar refractivity (Wildman–Crippen MR) is 100 cm³/mol. The number of rotatable bonds is 7. The van der Waals surface area contributed by atoms with Crippen LogP contribution in [0, 0.1) is 5.92 Å². The highest BCUT2D eigenvalue weighted by Gasteiger charge is 2.36. The first-order valence-electron chi connectivity index (χ1n) is 8.64. The maximum absolute atomic E-state index is 11.7. The fourth-order valence-corrected chi connectivity index (χ4v) is 3.16. The molecule has 2 rings (SSSR count). The van der Waals surface area contributed by atoms with Crippen LogP contribution in [-0.4, -0.2) is 20.7 Å². The van der Waals surface area contributed by atoms with Crippen molar-refractivity contribution in [2.24, 2.45) is 5.92 Å². The molecule has 3 heteroatoms. The van der Waals surface area contributed by atoms with Gasteiger partial charge in [0.15, 0.2) is 14.1 Å². The number of hydrogen-bond donors (Lipinski definition) is 0. The van der Waals surface area contributed by atoms with E-state index in [1.54, 1.807) is 6.08 Å². The van der Waals surface area contributed by atoms with Gasteiger partial charge in [0.2, 0.25) is 0 Å². The van der Waals surface area contributed by atoms with Crippen LogP contribution in [0.3, 0.4) is 0 Å². The van der Waals surface area contributed by atoms with Crippen molar-refractivity contribution in [2.45, 2.75) is 58.2 Å². The van der Waals surface area contributed by atoms with Gasteiger partial charge in [0.25, 0.3) is 0 Å². The topological polar surface area (TPSA) is 26.3 Å². The number of hydrogen-bond acceptors (Lipinski definition) is 2. The Morgan fingerprint density at radius 3 is 2.35 bits per heavy atom. The van der Waals surface area contributed by atoms with Gasteiger partial charge in [-0.15, -0.1) is 0 Å². The number of carbonyl (C=O) groups is 1. The number of ketones is 1. The minimum absolute atomic E-state index is 0.260. The number of carbonyl (C=O) groups excluding carboxylic acids is 1. The molecule has 0 spiro atoms. The quantitative estimate of drug-likeness (QED) is 0.504. The first-order valence-corrected chi connectivity index (χ1v) is 11.5. The van der Waals surface area contributed by atoms with Gasteiger partial charge in [0.1, 0.15) is 0 Å². The van der Waals surface area contributed by atoms with Gasteiger partial charge in [0.05, 0.1) is 0 Å². The van der Waals surface area contributed by atoms with Crippen LogP contribution in [0.4, 0.5) is 0 Å². The van der Waals surface area contributed by atoms with Gasteiger partial charge >= 0.3 is 0 Å². The predicted octanol–water partition coefficient (Wildman–Crippen LogP) is 5.24. The first-order chi connectivity index (χ1) is 10.7. The third-order valence-electron chi connectivity index (χ3n) is 5.06. The molecular formula is C20H30O2Si. The summed E-state index contributed by atoms with van der Waals surface area (Å²) in [6.45, 7) is 12.2. The molecule has 0 radical (unpaired) electrons. The molecule has 0 heterocycles. The van der Waals surface area contributed by atoms with Crippen LogP contribution in [0.25, 0.3) is 6.08 Å². The van der Waals surface area contributed by atoms with Crippen LogP contribution in [0.15, 0.2) is 30.3 Å². The summed E-state index contributed by atoms with van der Waals surface area (Å²) in [4.78, 5) is 11.7. The van der Waals surface area contributed by atoms with E-state index in [4.69, 9.17) is 4.43 Å². The molecule has 0 bridgehead atoms. The molecule has 23 heavy (non-hydrogen) atoms. The van der Waals surface area contributed by atoms with Crippen LogP contribution >= 0.6 is 0 Å². The van der Waals surface area contributed by atoms with Crippen LogP contribution < -0.4 is 0 Å². The van der Waals surface area contributed by atoms with E-state index in [1.807, 2.05) is 6.08 Å². The zero-order valence-corrected chi connectivity index (χ0v) is 16.2. The summed E-state index contributed by atoms with van der Waals surface area (Å²) in [5.74, 6) is 0.579. The van der Waals surface area contributed by atoms with Gasteiger partial charge in [-0.25, -0.2) is 0 Å². The van der Waals surface area contributed by atoms with Crippen molar-refractivity contribution in [1.29, 1.82) is 0 Å². The summed E-state index contributed by atoms with van der Waals surface area (Å²) in [6, 6.07) is 8.43. The van der Waals surface area contributed by atoms with Crippen molar-refractivity contribution >= 4 is 20.2 Å². The third-order valence-corrected chi connectivity index (χ3v) is 9.60. The van der Waals surface area contributed by atoms with Crippen molar-refractivity contribution in [3.63, 3.8) is 0 Å². The molecule has 2 nitrogen and oxygen atoms in total. The van der Waals surface area contributed by atoms with Crippen molar-refractivity contribution in [3.05, 3.63) is 41.5 Å². The first kappa shape index (κ1) is 18.1. The molecule has 1 aromatic rings. The van der Waals surface area contributed by atoms with Crippen LogP contribution in [0.1, 0.15) is 44.7 Å². The Bertz CT molecular complexity index is 560. The zero-order chi connectivity index (χ0) is 17.1. The summed E-state index contributed by atoms with van der Waals surface area (Å²) in [7, 11) is -1.65. The molecule has 1 aliphatic rings. The molecule has 1 fully saturated rings. The Morgan fingerprint density at radius 1 is 1.22 bits per heavy atom. The summed E-state index contributed by atoms with van der Waals surface area (Å²) < 4.78 is 6.22. The van der Waals surface area contributed by atoms with Crippen molar-refractivity contribution < 1.29 is 9.22 Å². The molecule has 0 aliphatic heterocycles. The van der Waals surface area contributed by atoms with Crippen LogP contribution in [0.2, 0.25) is 18.1 Å². The Hall–Kier alpha value is -1.19. The fraction of sp³-hybridized carbons (Fsp3) is 0.550. The molecule has 0 saturated heterocycles. The lowest BCUT2D eigenvalue weighted by Crippen LogP contribution is -2.41. The van der Waals surface area contributed by atoms with E-state index < -0.39 is 8.32 Å². The van der Waals surface area contributed by atoms with E-state index in [0.717, 1.165) is 31.4 Å². The molecule has 126 valence electrons. The molecule has 0 amide bonds. The maximum Gasteiger partial charge on any atom is 0.191 e. The van der Waals surface area contributed by atoms with Gasteiger partial charge < -0.3 is 4.43 Å². The Kier molecular flexibility index (Phi) is 5.64. The van der Waals surface area contributed by atoms with Gasteiger partial charge in [-0.05, 0) is 54.6 Å². The van der Waals surface area contributed by atoms with Crippen LogP contribution in [0.5, 0.6) is 0 Å². The Labute approximate surface area is 142 Å². The van der Waals surface area contributed by atoms with Crippen molar-refractivity contribution in [2.75, 3.05) is 6.61 Å².